The van der Waals surface area contributed by atoms with Gasteiger partial charge in [0.2, 0.25) is 23.8 Å². The minimum absolute atomic E-state index is 0.00503. The molecule has 1 saturated heterocycles. The number of ketones is 1. The number of rotatable bonds is 37. The fourth-order valence-corrected chi connectivity index (χ4v) is 15.3. The van der Waals surface area contributed by atoms with Crippen LogP contribution in [0.5, 0.6) is 0 Å². The van der Waals surface area contributed by atoms with Crippen molar-refractivity contribution in [3.05, 3.63) is 167 Å². The second kappa shape index (κ2) is 37.8. The number of benzene rings is 4. The number of carbonyl (C=O) groups excluding carboxylic acids is 11. The van der Waals surface area contributed by atoms with Crippen LogP contribution < -0.4 is 21.3 Å². The first kappa shape index (κ1) is 83.0. The van der Waals surface area contributed by atoms with E-state index < -0.39 is 168 Å². The Kier molecular flexibility index (Phi) is 28.8. The van der Waals surface area contributed by atoms with Crippen LogP contribution in [0.25, 0.3) is 0 Å². The molecule has 2 heterocycles. The van der Waals surface area contributed by atoms with E-state index in [-0.39, 0.29) is 92.0 Å². The number of aliphatic hydroxyl groups excluding tert-OH is 2. The number of hydrogen-bond acceptors (Lipinski definition) is 24. The predicted octanol–water partition coefficient (Wildman–Crippen LogP) is 5.53. The van der Waals surface area contributed by atoms with E-state index in [0.717, 1.165) is 50.8 Å². The zero-order valence-electron chi connectivity index (χ0n) is 62.5. The monoisotopic (exact) mass is 1510 g/mol. The maximum Gasteiger partial charge on any atom is 0.350 e. The van der Waals surface area contributed by atoms with E-state index in [1.165, 1.54) is 52.0 Å². The second-order valence-corrected chi connectivity index (χ2v) is 28.7. The molecular weight excluding hydrogens is 1410 g/mol. The number of ether oxygens (including phenoxy) is 8. The van der Waals surface area contributed by atoms with Gasteiger partial charge in [-0.3, -0.25) is 38.2 Å². The summed E-state index contributed by atoms with van der Waals surface area (Å²) in [4.78, 5) is 156. The smallest absolute Gasteiger partial charge is 0.350 e. The topological polar surface area (TPSA) is 401 Å². The number of aryl methyl sites for hydroxylation is 2. The number of fused-ring (bicyclic) bond motifs is 5. The van der Waals surface area contributed by atoms with Crippen LogP contribution in [0.4, 0.5) is 0 Å². The molecule has 1 aliphatic heterocycles. The molecule has 3 fully saturated rings. The van der Waals surface area contributed by atoms with Crippen molar-refractivity contribution < 1.29 is 106 Å². The number of carbonyl (C=O) groups is 11. The first-order chi connectivity index (χ1) is 52.1. The van der Waals surface area contributed by atoms with Crippen molar-refractivity contribution in [2.45, 2.75) is 204 Å². The quantitative estimate of drug-likeness (QED) is 0.0111. The summed E-state index contributed by atoms with van der Waals surface area (Å²) in [5, 5.41) is 55.1. The molecule has 5 aromatic rings. The summed E-state index contributed by atoms with van der Waals surface area (Å²) >= 11 is 0. The molecule has 9 rings (SSSR count). The van der Waals surface area contributed by atoms with Crippen LogP contribution in [0.1, 0.15) is 163 Å². The highest BCUT2D eigenvalue weighted by atomic mass is 16.6. The molecule has 0 radical (unpaired) electrons. The van der Waals surface area contributed by atoms with E-state index in [2.05, 4.69) is 31.6 Å². The molecule has 0 spiro atoms. The van der Waals surface area contributed by atoms with E-state index in [4.69, 9.17) is 43.0 Å². The lowest BCUT2D eigenvalue weighted by molar-refractivity contribution is -0.346. The first-order valence-electron chi connectivity index (χ1n) is 37.0. The van der Waals surface area contributed by atoms with Gasteiger partial charge >= 0.3 is 35.8 Å². The summed E-state index contributed by atoms with van der Waals surface area (Å²) < 4.78 is 49.7. The van der Waals surface area contributed by atoms with E-state index in [1.54, 1.807) is 90.5 Å². The van der Waals surface area contributed by atoms with E-state index in [9.17, 15) is 53.4 Å². The maximum absolute atomic E-state index is 16.0. The van der Waals surface area contributed by atoms with Crippen molar-refractivity contribution in [3.63, 3.8) is 0 Å². The lowest BCUT2D eigenvalue weighted by Gasteiger charge is -2.67. The molecule has 1 unspecified atom stereocenters. The van der Waals surface area contributed by atoms with Gasteiger partial charge in [0, 0.05) is 76.4 Å². The van der Waals surface area contributed by atoms with Crippen molar-refractivity contribution in [1.29, 1.82) is 0 Å². The molecule has 4 aromatic carbocycles. The molecule has 29 nitrogen and oxygen atoms in total. The average molecular weight is 1510 g/mol. The van der Waals surface area contributed by atoms with Gasteiger partial charge in [-0.2, -0.15) is 0 Å². The van der Waals surface area contributed by atoms with Crippen LogP contribution in [0, 0.1) is 16.7 Å². The Hall–Kier alpha value is -10.1. The Balaban J connectivity index is 0.901. The molecule has 4 amide bonds. The number of amides is 4. The highest BCUT2D eigenvalue weighted by Crippen LogP contribution is 2.64. The zero-order valence-corrected chi connectivity index (χ0v) is 62.5. The molecule has 7 N–H and O–H groups in total. The summed E-state index contributed by atoms with van der Waals surface area (Å²) in [5.74, 6) is -11.2. The number of unbranched alkanes of at least 4 members (excludes halogenated alkanes) is 4. The normalized spacial score (nSPS) is 23.5. The highest BCUT2D eigenvalue weighted by Gasteiger charge is 2.78. The van der Waals surface area contributed by atoms with E-state index in [0.29, 0.717) is 19.4 Å². The molecule has 4 aliphatic rings. The number of aliphatic hydroxyl groups is 3. The standard InChI is InChI=1S/C80H99N7O22/c1-8-103-75(99)57(83-73(97)58(42-52-28-15-11-16-29-52)82-62(92)38-27-36-56-45-87(86-85-56)40-25-9-10-26-41-88)37-23-24-39-81-63(93)46-102-47-64(94)107-68(66(53-30-17-12-18-31-53)84-72(96)54-32-19-13-20-33-54)76(100)106-59-44-80(101)71(108-74(98)55-34-21-14-22-35-55)69-78(7,60(91)43-61-79(69,48-104-61)109-51(4)90)70(95)67(105-50(3)89)65(49(59)2)77(80,5)6/h11-22,28-35,45,57-61,66-69,71,88,91,101H,8-10,23-27,36-44,46-48H2,1-7H3,(H,81,93)(H,82,92)(H,83,97)(H,84,96)/t57-,58+,59-,60-,61+,66?,67+,68+,69-,71-,78+,79-,80+/m0/s1. The Bertz CT molecular complexity index is 4050. The Morgan fingerprint density at radius 2 is 1.39 bits per heavy atom. The molecule has 2 saturated carbocycles. The van der Waals surface area contributed by atoms with Gasteiger partial charge in [0.15, 0.2) is 17.5 Å². The minimum Gasteiger partial charge on any atom is -0.464 e. The molecule has 2 bridgehead atoms. The number of esters is 6. The molecule has 13 atom stereocenters. The van der Waals surface area contributed by atoms with Gasteiger partial charge < -0.3 is 74.5 Å². The van der Waals surface area contributed by atoms with Gasteiger partial charge in [-0.25, -0.2) is 19.2 Å². The van der Waals surface area contributed by atoms with Crippen LogP contribution in [-0.4, -0.2) is 195 Å². The van der Waals surface area contributed by atoms with E-state index in [1.807, 2.05) is 24.4 Å². The van der Waals surface area contributed by atoms with Gasteiger partial charge in [-0.05, 0) is 112 Å². The third-order valence-electron chi connectivity index (χ3n) is 21.0. The number of Topliss-reactive ketones (excluding diaryl/α,β-unsaturated/α-hetero) is 1. The van der Waals surface area contributed by atoms with E-state index >= 15 is 9.59 Å². The van der Waals surface area contributed by atoms with Gasteiger partial charge in [-0.1, -0.05) is 129 Å². The van der Waals surface area contributed by atoms with Crippen LogP contribution in [-0.2, 0) is 100 Å². The Morgan fingerprint density at radius 3 is 2.03 bits per heavy atom. The number of nitrogens with zero attached hydrogens (tertiary/aromatic N) is 3. The highest BCUT2D eigenvalue weighted by molar-refractivity contribution is 5.97. The van der Waals surface area contributed by atoms with Crippen molar-refractivity contribution in [1.82, 2.24) is 36.3 Å². The van der Waals surface area contributed by atoms with Crippen LogP contribution in [0.2, 0.25) is 0 Å². The lowest BCUT2D eigenvalue weighted by atomic mass is 9.44. The van der Waals surface area contributed by atoms with Crippen molar-refractivity contribution in [2.75, 3.05) is 39.6 Å². The summed E-state index contributed by atoms with van der Waals surface area (Å²) in [6.45, 7) is 8.44. The number of nitrogens with one attached hydrogen (secondary N) is 4. The lowest BCUT2D eigenvalue weighted by Crippen LogP contribution is -2.82. The molecular formula is C80H99N7O22. The number of aromatic nitrogens is 3. The molecule has 29 heteroatoms. The second-order valence-electron chi connectivity index (χ2n) is 28.7. The fraction of sp³-hybridized carbons (Fsp3) is 0.512. The van der Waals surface area contributed by atoms with Gasteiger partial charge in [0.1, 0.15) is 55.3 Å². The predicted molar refractivity (Wildman–Crippen MR) is 388 cm³/mol. The largest absolute Gasteiger partial charge is 0.464 e. The zero-order chi connectivity index (χ0) is 78.6. The number of hydrogen-bond donors (Lipinski definition) is 7. The van der Waals surface area contributed by atoms with Gasteiger partial charge in [0.25, 0.3) is 5.91 Å². The average Bonchev–Trinajstić information content (AvgIpc) is 1.03. The third-order valence-corrected chi connectivity index (χ3v) is 21.0. The maximum atomic E-state index is 16.0. The fourth-order valence-electron chi connectivity index (χ4n) is 15.3. The molecule has 3 aliphatic carbocycles. The van der Waals surface area contributed by atoms with Crippen molar-refractivity contribution >= 4 is 65.2 Å². The van der Waals surface area contributed by atoms with Crippen LogP contribution in [0.3, 0.4) is 0 Å². The first-order valence-corrected chi connectivity index (χ1v) is 37.0. The van der Waals surface area contributed by atoms with Crippen molar-refractivity contribution in [3.8, 4) is 0 Å². The summed E-state index contributed by atoms with van der Waals surface area (Å²) in [5.41, 5.74) is -6.71. The van der Waals surface area contributed by atoms with Gasteiger partial charge in [0.05, 0.1) is 41.9 Å². The minimum atomic E-state index is -2.57. The molecule has 109 heavy (non-hydrogen) atoms. The van der Waals surface area contributed by atoms with Crippen LogP contribution >= 0.6 is 0 Å². The molecule has 1 aromatic heterocycles. The molecule has 586 valence electrons. The van der Waals surface area contributed by atoms with Crippen LogP contribution in [0.15, 0.2) is 139 Å². The SMILES string of the molecule is CCOC(=O)[C@H](CCCCNC(=O)COCC(=O)O[C@@H](C(=O)O[C@H]1C[C@@]2(O)[C@@H](OC(=O)c3ccccc3)[C@@H]3[C@]4(OC(C)=O)CO[C@@H]4C[C@H](O)[C@@]3(C)C(=O)[C@H](OC(C)=O)C(=C1C)C2(C)C)C(NC(=O)c1ccccc1)c1ccccc1)NC(=O)[C@@H](Cc1ccccc1)NC(=O)CCCc1cn(CCCCCCO)nn1. The summed E-state index contributed by atoms with van der Waals surface area (Å²) in [6, 6.07) is 28.7. The Morgan fingerprint density at radius 1 is 0.725 bits per heavy atom. The summed E-state index contributed by atoms with van der Waals surface area (Å²) in [6.07, 6.45) is -4.49. The Labute approximate surface area is 632 Å². The van der Waals surface area contributed by atoms with Gasteiger partial charge in [-0.15, -0.1) is 5.10 Å². The van der Waals surface area contributed by atoms with Crippen molar-refractivity contribution in [2.24, 2.45) is 16.7 Å². The third kappa shape index (κ3) is 20.1. The summed E-state index contributed by atoms with van der Waals surface area (Å²) in [7, 11) is 0.